The Kier molecular flexibility index (Phi) is 31.8. The van der Waals surface area contributed by atoms with Crippen LogP contribution >= 0.6 is 133 Å². The lowest BCUT2D eigenvalue weighted by atomic mass is 10.5. The molecule has 0 aromatic rings. The largest absolute Gasteiger partial charge is 0.179 e. The van der Waals surface area contributed by atoms with Crippen molar-refractivity contribution in [3.05, 3.63) is 0 Å². The summed E-state index contributed by atoms with van der Waals surface area (Å²) >= 11 is 32.1. The molecule has 0 aliphatic carbocycles. The third-order valence-electron chi connectivity index (χ3n) is 3.29. The maximum absolute atomic E-state index is 4.39. The van der Waals surface area contributed by atoms with Gasteiger partial charge in [-0.25, -0.2) is 0 Å². The molecule has 0 radical (unpaired) electrons. The van der Waals surface area contributed by atoms with Crippen LogP contribution in [0.15, 0.2) is 0 Å². The molecule has 0 aliphatic rings. The molecule has 0 aliphatic heterocycles. The van der Waals surface area contributed by atoms with E-state index in [4.69, 9.17) is 0 Å². The molecule has 11 heteroatoms. The van der Waals surface area contributed by atoms with Crippen molar-refractivity contribution in [1.82, 2.24) is 0 Å². The molecule has 0 bridgehead atoms. The molecule has 0 aromatic heterocycles. The van der Waals surface area contributed by atoms with Crippen molar-refractivity contribution in [3.63, 3.8) is 0 Å². The van der Waals surface area contributed by atoms with Crippen LogP contribution in [0.1, 0.15) is 0 Å². The minimum absolute atomic E-state index is 0.750. The fourth-order valence-electron chi connectivity index (χ4n) is 2.08. The summed E-state index contributed by atoms with van der Waals surface area (Å²) in [6, 6.07) is 0. The predicted octanol–water partition coefficient (Wildman–Crippen LogP) is 6.58. The van der Waals surface area contributed by atoms with Gasteiger partial charge >= 0.3 is 0 Å². The highest BCUT2D eigenvalue weighted by Crippen LogP contribution is 2.30. The SMILES string of the molecule is SCCSCCSCC(CSCCS)SC(CSCCS)CSCCSCCS. The molecule has 0 spiro atoms. The summed E-state index contributed by atoms with van der Waals surface area (Å²) in [6.07, 6.45) is 0. The summed E-state index contributed by atoms with van der Waals surface area (Å²) < 4.78 is 0. The van der Waals surface area contributed by atoms with Crippen LogP contribution in [0.2, 0.25) is 0 Å². The van der Waals surface area contributed by atoms with E-state index in [2.05, 4.69) is 109 Å². The second-order valence-corrected chi connectivity index (χ2v) is 16.2. The first-order chi connectivity index (χ1) is 14.3. The summed E-state index contributed by atoms with van der Waals surface area (Å²) in [5.74, 6) is 18.8. The molecule has 0 amide bonds. The van der Waals surface area contributed by atoms with Gasteiger partial charge in [-0.3, -0.25) is 0 Å². The van der Waals surface area contributed by atoms with E-state index in [0.717, 1.165) is 33.5 Å². The lowest BCUT2D eigenvalue weighted by molar-refractivity contribution is 1.08. The minimum Gasteiger partial charge on any atom is -0.179 e. The van der Waals surface area contributed by atoms with Crippen LogP contribution in [0.3, 0.4) is 0 Å². The number of thioether (sulfide) groups is 7. The topological polar surface area (TPSA) is 0 Å². The fraction of sp³-hybridized carbons (Fsp3) is 1.00. The normalized spacial score (nSPS) is 13.7. The predicted molar refractivity (Wildman–Crippen MR) is 175 cm³/mol. The zero-order valence-corrected chi connectivity index (χ0v) is 26.4. The Morgan fingerprint density at radius 2 is 0.655 bits per heavy atom. The monoisotopic (exact) mass is 606 g/mol. The van der Waals surface area contributed by atoms with Crippen molar-refractivity contribution in [2.75, 3.05) is 92.0 Å². The van der Waals surface area contributed by atoms with Crippen LogP contribution in [0.5, 0.6) is 0 Å². The zero-order chi connectivity index (χ0) is 21.4. The fourth-order valence-corrected chi connectivity index (χ4v) is 11.9. The van der Waals surface area contributed by atoms with Gasteiger partial charge in [0.05, 0.1) is 0 Å². The van der Waals surface area contributed by atoms with E-state index in [1.807, 2.05) is 23.5 Å². The van der Waals surface area contributed by atoms with Gasteiger partial charge in [0.15, 0.2) is 0 Å². The molecule has 0 rings (SSSR count). The minimum atomic E-state index is 0.750. The Hall–Kier alpha value is 3.85. The Bertz CT molecular complexity index is 282. The standard InChI is InChI=1S/C18H38S11/c19-1-5-23-9-11-27-15-17(13-25-7-3-21)29-18(14-26-8-4-22)16-28-12-10-24-6-2-20/h17-22H,1-16H2. The van der Waals surface area contributed by atoms with E-state index in [-0.39, 0.29) is 0 Å². The zero-order valence-electron chi connectivity index (χ0n) is 17.1. The van der Waals surface area contributed by atoms with Crippen LogP contribution in [-0.4, -0.2) is 103 Å². The third kappa shape index (κ3) is 24.8. The van der Waals surface area contributed by atoms with Gasteiger partial charge < -0.3 is 0 Å². The molecule has 0 nitrogen and oxygen atoms in total. The molecular weight excluding hydrogens is 569 g/mol. The first-order valence-electron chi connectivity index (χ1n) is 9.83. The van der Waals surface area contributed by atoms with Crippen molar-refractivity contribution in [2.24, 2.45) is 0 Å². The molecular formula is C18H38S11. The maximum atomic E-state index is 4.39. The smallest absolute Gasteiger partial charge is 0.0232 e. The van der Waals surface area contributed by atoms with Crippen molar-refractivity contribution in [2.45, 2.75) is 10.5 Å². The Labute approximate surface area is 232 Å². The quantitative estimate of drug-likeness (QED) is 0.0715. The summed E-state index contributed by atoms with van der Waals surface area (Å²) in [5, 5.41) is 1.50. The molecule has 0 saturated heterocycles. The van der Waals surface area contributed by atoms with Gasteiger partial charge in [-0.1, -0.05) is 0 Å². The van der Waals surface area contributed by atoms with Gasteiger partial charge in [-0.2, -0.15) is 133 Å². The van der Waals surface area contributed by atoms with Gasteiger partial charge in [-0.05, 0) is 23.0 Å². The average molecular weight is 607 g/mol. The number of hydrogen-bond donors (Lipinski definition) is 4. The first kappa shape index (κ1) is 32.8. The van der Waals surface area contributed by atoms with E-state index in [1.165, 1.54) is 69.0 Å². The maximum Gasteiger partial charge on any atom is 0.0232 e. The van der Waals surface area contributed by atoms with Gasteiger partial charge in [0.2, 0.25) is 0 Å². The average Bonchev–Trinajstić information content (AvgIpc) is 2.72. The van der Waals surface area contributed by atoms with E-state index in [9.17, 15) is 0 Å². The van der Waals surface area contributed by atoms with Crippen LogP contribution in [-0.2, 0) is 0 Å². The van der Waals surface area contributed by atoms with Crippen LogP contribution in [0, 0.1) is 0 Å². The number of rotatable bonds is 24. The van der Waals surface area contributed by atoms with E-state index >= 15 is 0 Å². The summed E-state index contributed by atoms with van der Waals surface area (Å²) in [6.45, 7) is 0. The molecule has 0 N–H and O–H groups in total. The number of thiol groups is 4. The third-order valence-corrected chi connectivity index (χ3v) is 14.7. The first-order valence-corrected chi connectivity index (χ1v) is 20.2. The van der Waals surface area contributed by atoms with Gasteiger partial charge in [0, 0.05) is 79.5 Å². The van der Waals surface area contributed by atoms with Crippen molar-refractivity contribution < 1.29 is 0 Å². The van der Waals surface area contributed by atoms with Gasteiger partial charge in [-0.15, -0.1) is 0 Å². The van der Waals surface area contributed by atoms with E-state index in [0.29, 0.717) is 0 Å². The molecule has 176 valence electrons. The van der Waals surface area contributed by atoms with Crippen molar-refractivity contribution in [1.29, 1.82) is 0 Å². The second-order valence-electron chi connectivity index (χ2n) is 5.80. The molecule has 2 atom stereocenters. The Morgan fingerprint density at radius 1 is 0.379 bits per heavy atom. The van der Waals surface area contributed by atoms with Gasteiger partial charge in [0.1, 0.15) is 0 Å². The van der Waals surface area contributed by atoms with E-state index < -0.39 is 0 Å². The summed E-state index contributed by atoms with van der Waals surface area (Å²) in [7, 11) is 0. The lowest BCUT2D eigenvalue weighted by Crippen LogP contribution is -2.21. The molecule has 0 fully saturated rings. The summed E-state index contributed by atoms with van der Waals surface area (Å²) in [5.41, 5.74) is 0. The highest BCUT2D eigenvalue weighted by molar-refractivity contribution is 8.08. The van der Waals surface area contributed by atoms with Crippen LogP contribution < -0.4 is 0 Å². The Morgan fingerprint density at radius 3 is 1.00 bits per heavy atom. The lowest BCUT2D eigenvalue weighted by Gasteiger charge is -2.23. The highest BCUT2D eigenvalue weighted by Gasteiger charge is 2.18. The van der Waals surface area contributed by atoms with E-state index in [1.54, 1.807) is 0 Å². The molecule has 2 unspecified atom stereocenters. The molecule has 0 heterocycles. The van der Waals surface area contributed by atoms with Crippen molar-refractivity contribution in [3.8, 4) is 0 Å². The molecule has 29 heavy (non-hydrogen) atoms. The van der Waals surface area contributed by atoms with Crippen molar-refractivity contribution >= 4 is 133 Å². The Balaban J connectivity index is 4.36. The molecule has 0 saturated carbocycles. The van der Waals surface area contributed by atoms with Crippen LogP contribution in [0.4, 0.5) is 0 Å². The van der Waals surface area contributed by atoms with Gasteiger partial charge in [0.25, 0.3) is 0 Å². The summed E-state index contributed by atoms with van der Waals surface area (Å²) in [4.78, 5) is 0. The van der Waals surface area contributed by atoms with Crippen LogP contribution in [0.25, 0.3) is 0 Å². The number of hydrogen-bond acceptors (Lipinski definition) is 11. The second kappa shape index (κ2) is 28.1. The highest BCUT2D eigenvalue weighted by atomic mass is 32.2. The molecule has 0 aromatic carbocycles.